The van der Waals surface area contributed by atoms with Crippen LogP contribution in [0.1, 0.15) is 0 Å². The molecule has 0 aliphatic carbocycles. The number of hydrogen-bond acceptors (Lipinski definition) is 5. The van der Waals surface area contributed by atoms with Crippen LogP contribution in [0.2, 0.25) is 0 Å². The molecule has 0 fully saturated rings. The van der Waals surface area contributed by atoms with Crippen molar-refractivity contribution in [2.75, 3.05) is 16.0 Å². The van der Waals surface area contributed by atoms with Crippen LogP contribution >= 0.6 is 0 Å². The van der Waals surface area contributed by atoms with E-state index in [0.29, 0.717) is 11.4 Å². The van der Waals surface area contributed by atoms with E-state index in [1.54, 1.807) is 12.1 Å². The van der Waals surface area contributed by atoms with Gasteiger partial charge in [-0.3, -0.25) is 10.1 Å². The Morgan fingerprint density at radius 2 is 1.15 bits per heavy atom. The number of non-ortho nitro benzene ring substituents is 1. The minimum absolute atomic E-state index is 0.0381. The molecule has 1 aromatic heterocycles. The minimum Gasteiger partial charge on any atom is -0.354 e. The third kappa shape index (κ3) is 4.33. The van der Waals surface area contributed by atoms with Gasteiger partial charge >= 0.3 is 6.03 Å². The second-order valence-corrected chi connectivity index (χ2v) is 7.61. The lowest BCUT2D eigenvalue weighted by Crippen LogP contribution is -2.19. The number of rotatable bonds is 5. The van der Waals surface area contributed by atoms with Crippen LogP contribution in [0.15, 0.2) is 97.1 Å². The molecular formula is C26H19N5O3. The first-order valence-electron chi connectivity index (χ1n) is 10.5. The van der Waals surface area contributed by atoms with Crippen LogP contribution in [0.3, 0.4) is 0 Å². The van der Waals surface area contributed by atoms with E-state index in [2.05, 4.69) is 16.0 Å². The van der Waals surface area contributed by atoms with Crippen LogP contribution in [-0.2, 0) is 0 Å². The van der Waals surface area contributed by atoms with Gasteiger partial charge in [-0.1, -0.05) is 36.4 Å². The van der Waals surface area contributed by atoms with Crippen LogP contribution in [0.5, 0.6) is 0 Å². The zero-order valence-electron chi connectivity index (χ0n) is 17.9. The number of nitrogens with one attached hydrogen (secondary N) is 3. The fraction of sp³-hybridized carbons (Fsp3) is 0. The second kappa shape index (κ2) is 8.87. The summed E-state index contributed by atoms with van der Waals surface area (Å²) in [7, 11) is 0. The molecule has 0 bridgehead atoms. The van der Waals surface area contributed by atoms with Gasteiger partial charge in [0.25, 0.3) is 5.69 Å². The molecule has 8 nitrogen and oxygen atoms in total. The Labute approximate surface area is 194 Å². The summed E-state index contributed by atoms with van der Waals surface area (Å²) in [6.45, 7) is 0. The summed E-state index contributed by atoms with van der Waals surface area (Å²) in [6.07, 6.45) is 0. The number of carbonyl (C=O) groups is 1. The third-order valence-corrected chi connectivity index (χ3v) is 5.34. The SMILES string of the molecule is O=C(Nc1ccc(Nc2c3ccccc3nc3ccccc23)cc1)Nc1ccc([N+](=O)[O-])cc1. The third-order valence-electron chi connectivity index (χ3n) is 5.34. The van der Waals surface area contributed by atoms with E-state index in [4.69, 9.17) is 4.98 Å². The normalized spacial score (nSPS) is 10.7. The molecule has 5 aromatic rings. The maximum atomic E-state index is 12.3. The van der Waals surface area contributed by atoms with E-state index in [1.807, 2.05) is 60.7 Å². The van der Waals surface area contributed by atoms with Crippen LogP contribution < -0.4 is 16.0 Å². The summed E-state index contributed by atoms with van der Waals surface area (Å²) in [5.41, 5.74) is 4.67. The van der Waals surface area contributed by atoms with Crippen molar-refractivity contribution in [3.63, 3.8) is 0 Å². The molecule has 1 heterocycles. The lowest BCUT2D eigenvalue weighted by atomic mass is 10.1. The molecule has 5 rings (SSSR count). The van der Waals surface area contributed by atoms with Crippen molar-refractivity contribution in [3.8, 4) is 0 Å². The predicted molar refractivity (Wildman–Crippen MR) is 135 cm³/mol. The lowest BCUT2D eigenvalue weighted by Gasteiger charge is -2.14. The zero-order chi connectivity index (χ0) is 23.5. The molecule has 8 heteroatoms. The number of aromatic nitrogens is 1. The van der Waals surface area contributed by atoms with Crippen molar-refractivity contribution in [3.05, 3.63) is 107 Å². The Morgan fingerprint density at radius 1 is 0.676 bits per heavy atom. The monoisotopic (exact) mass is 449 g/mol. The standard InChI is InChI=1S/C26H19N5O3/c32-26(29-19-13-15-20(16-14-19)31(33)34)28-18-11-9-17(10-12-18)27-25-21-5-1-3-7-23(21)30-24-8-4-2-6-22(24)25/h1-16H,(H,27,30)(H2,28,29,32). The lowest BCUT2D eigenvalue weighted by molar-refractivity contribution is -0.384. The number of pyridine rings is 1. The highest BCUT2D eigenvalue weighted by atomic mass is 16.6. The molecule has 0 saturated carbocycles. The van der Waals surface area contributed by atoms with Gasteiger partial charge in [0.2, 0.25) is 0 Å². The Hall–Kier alpha value is -4.98. The smallest absolute Gasteiger partial charge is 0.323 e. The number of fused-ring (bicyclic) bond motifs is 2. The Bertz CT molecular complexity index is 1460. The quantitative estimate of drug-likeness (QED) is 0.157. The Kier molecular flexibility index (Phi) is 5.45. The summed E-state index contributed by atoms with van der Waals surface area (Å²) in [5.74, 6) is 0. The number of nitro benzene ring substituents is 1. The largest absolute Gasteiger partial charge is 0.354 e. The zero-order valence-corrected chi connectivity index (χ0v) is 17.9. The minimum atomic E-state index is -0.489. The number of nitro groups is 1. The summed E-state index contributed by atoms with van der Waals surface area (Å²) in [6, 6.07) is 28.5. The number of amides is 2. The Balaban J connectivity index is 1.32. The number of benzene rings is 4. The number of anilines is 4. The molecule has 166 valence electrons. The number of urea groups is 1. The maximum Gasteiger partial charge on any atom is 0.323 e. The van der Waals surface area contributed by atoms with Gasteiger partial charge in [-0.25, -0.2) is 9.78 Å². The van der Waals surface area contributed by atoms with E-state index >= 15 is 0 Å². The van der Waals surface area contributed by atoms with E-state index < -0.39 is 11.0 Å². The van der Waals surface area contributed by atoms with Gasteiger partial charge in [-0.15, -0.1) is 0 Å². The van der Waals surface area contributed by atoms with E-state index in [9.17, 15) is 14.9 Å². The molecule has 0 spiro atoms. The summed E-state index contributed by atoms with van der Waals surface area (Å²) in [4.78, 5) is 27.3. The molecule has 2 amide bonds. The summed E-state index contributed by atoms with van der Waals surface area (Å²) >= 11 is 0. The molecule has 0 aliphatic rings. The van der Waals surface area contributed by atoms with Gasteiger partial charge in [-0.05, 0) is 48.5 Å². The average molecular weight is 449 g/mol. The first kappa shape index (κ1) is 20.9. The van der Waals surface area contributed by atoms with Gasteiger partial charge in [0.1, 0.15) is 0 Å². The van der Waals surface area contributed by atoms with Gasteiger partial charge in [0, 0.05) is 40.0 Å². The number of hydrogen-bond donors (Lipinski definition) is 3. The molecule has 3 N–H and O–H groups in total. The van der Waals surface area contributed by atoms with Gasteiger partial charge in [0.15, 0.2) is 0 Å². The highest BCUT2D eigenvalue weighted by Gasteiger charge is 2.10. The molecule has 0 unspecified atom stereocenters. The van der Waals surface area contributed by atoms with E-state index in [0.717, 1.165) is 33.2 Å². The average Bonchev–Trinajstić information content (AvgIpc) is 2.85. The van der Waals surface area contributed by atoms with E-state index in [-0.39, 0.29) is 5.69 Å². The van der Waals surface area contributed by atoms with Crippen LogP contribution in [0, 0.1) is 10.1 Å². The summed E-state index contributed by atoms with van der Waals surface area (Å²) in [5, 5.41) is 21.7. The van der Waals surface area contributed by atoms with Crippen molar-refractivity contribution in [2.24, 2.45) is 0 Å². The topological polar surface area (TPSA) is 109 Å². The van der Waals surface area contributed by atoms with Crippen LogP contribution in [-0.4, -0.2) is 15.9 Å². The molecular weight excluding hydrogens is 430 g/mol. The number of nitrogens with zero attached hydrogens (tertiary/aromatic N) is 2. The maximum absolute atomic E-state index is 12.3. The first-order valence-corrected chi connectivity index (χ1v) is 10.5. The molecule has 0 saturated heterocycles. The fourth-order valence-corrected chi connectivity index (χ4v) is 3.72. The molecule has 0 radical (unpaired) electrons. The highest BCUT2D eigenvalue weighted by molar-refractivity contribution is 6.08. The van der Waals surface area contributed by atoms with Crippen molar-refractivity contribution in [1.82, 2.24) is 4.98 Å². The highest BCUT2D eigenvalue weighted by Crippen LogP contribution is 2.33. The first-order chi connectivity index (χ1) is 16.6. The van der Waals surface area contributed by atoms with E-state index in [1.165, 1.54) is 24.3 Å². The van der Waals surface area contributed by atoms with Gasteiger partial charge in [0.05, 0.1) is 21.6 Å². The molecule has 0 atom stereocenters. The van der Waals surface area contributed by atoms with Gasteiger partial charge < -0.3 is 16.0 Å². The van der Waals surface area contributed by atoms with Crippen LogP contribution in [0.25, 0.3) is 21.8 Å². The summed E-state index contributed by atoms with van der Waals surface area (Å²) < 4.78 is 0. The molecule has 34 heavy (non-hydrogen) atoms. The number of carbonyl (C=O) groups excluding carboxylic acids is 1. The molecule has 4 aromatic carbocycles. The fourth-order valence-electron chi connectivity index (χ4n) is 3.72. The Morgan fingerprint density at radius 3 is 1.68 bits per heavy atom. The number of para-hydroxylation sites is 2. The van der Waals surface area contributed by atoms with Crippen molar-refractivity contribution < 1.29 is 9.72 Å². The van der Waals surface area contributed by atoms with Gasteiger partial charge in [-0.2, -0.15) is 0 Å². The van der Waals surface area contributed by atoms with Crippen molar-refractivity contribution in [1.29, 1.82) is 0 Å². The predicted octanol–water partition coefficient (Wildman–Crippen LogP) is 6.68. The van der Waals surface area contributed by atoms with Crippen molar-refractivity contribution in [2.45, 2.75) is 0 Å². The second-order valence-electron chi connectivity index (χ2n) is 7.61. The van der Waals surface area contributed by atoms with Crippen molar-refractivity contribution >= 4 is 56.3 Å². The van der Waals surface area contributed by atoms with Crippen LogP contribution in [0.4, 0.5) is 33.2 Å². The molecule has 0 aliphatic heterocycles.